The van der Waals surface area contributed by atoms with Crippen LogP contribution < -0.4 is 19.7 Å². The number of amides is 3. The molecule has 1 aromatic heterocycles. The Balaban J connectivity index is 1.29. The second kappa shape index (κ2) is 8.05. The van der Waals surface area contributed by atoms with Gasteiger partial charge < -0.3 is 19.7 Å². The number of rotatable bonds is 6. The van der Waals surface area contributed by atoms with Crippen molar-refractivity contribution < 1.29 is 19.1 Å². The lowest BCUT2D eigenvalue weighted by Crippen LogP contribution is -2.40. The molecule has 2 aliphatic rings. The highest BCUT2D eigenvalue weighted by Gasteiger charge is 2.31. The van der Waals surface area contributed by atoms with Gasteiger partial charge in [0, 0.05) is 43.2 Å². The number of urea groups is 1. The number of hydrogen-bond acceptors (Lipinski definition) is 6. The Morgan fingerprint density at radius 3 is 2.86 bits per heavy atom. The molecule has 0 saturated carbocycles. The highest BCUT2D eigenvalue weighted by atomic mass is 32.1. The van der Waals surface area contributed by atoms with E-state index in [1.54, 1.807) is 21.1 Å². The fraction of sp³-hybridized carbons (Fsp3) is 0.421. The molecule has 0 aliphatic carbocycles. The Morgan fingerprint density at radius 2 is 2.07 bits per heavy atom. The first-order valence-electron chi connectivity index (χ1n) is 9.24. The predicted octanol–water partition coefficient (Wildman–Crippen LogP) is 1.82. The summed E-state index contributed by atoms with van der Waals surface area (Å²) in [6.45, 7) is 4.58. The molecule has 0 radical (unpaired) electrons. The van der Waals surface area contributed by atoms with Crippen molar-refractivity contribution in [3.05, 3.63) is 34.3 Å². The summed E-state index contributed by atoms with van der Waals surface area (Å²) in [5.74, 6) is 1.17. The molecule has 2 aliphatic heterocycles. The van der Waals surface area contributed by atoms with Crippen molar-refractivity contribution in [3.8, 4) is 11.5 Å². The van der Waals surface area contributed by atoms with Crippen LogP contribution in [0.3, 0.4) is 0 Å². The van der Waals surface area contributed by atoms with Crippen molar-refractivity contribution in [1.29, 1.82) is 0 Å². The Morgan fingerprint density at radius 1 is 1.25 bits per heavy atom. The number of fused-ring (bicyclic) bond motifs is 1. The summed E-state index contributed by atoms with van der Waals surface area (Å²) in [4.78, 5) is 32.5. The molecular formula is C19H22N4O4S. The van der Waals surface area contributed by atoms with Crippen molar-refractivity contribution >= 4 is 29.0 Å². The summed E-state index contributed by atoms with van der Waals surface area (Å²) in [5.41, 5.74) is 1.72. The minimum Gasteiger partial charge on any atom is -0.486 e. The number of carbonyl (C=O) groups excluding carboxylic acids is 2. The maximum absolute atomic E-state index is 12.7. The quantitative estimate of drug-likeness (QED) is 0.797. The summed E-state index contributed by atoms with van der Waals surface area (Å²) in [5, 5.41) is 5.87. The smallest absolute Gasteiger partial charge is 0.325 e. The van der Waals surface area contributed by atoms with Crippen molar-refractivity contribution in [1.82, 2.24) is 15.2 Å². The van der Waals surface area contributed by atoms with Crippen LogP contribution in [0.15, 0.2) is 23.6 Å². The van der Waals surface area contributed by atoms with E-state index >= 15 is 0 Å². The zero-order valence-electron chi connectivity index (χ0n) is 15.6. The van der Waals surface area contributed by atoms with Gasteiger partial charge in [-0.05, 0) is 19.1 Å². The topological polar surface area (TPSA) is 84.0 Å². The van der Waals surface area contributed by atoms with Crippen LogP contribution in [-0.2, 0) is 11.2 Å². The van der Waals surface area contributed by atoms with E-state index in [0.717, 1.165) is 16.4 Å². The van der Waals surface area contributed by atoms with Crippen molar-refractivity contribution in [2.24, 2.45) is 0 Å². The molecule has 28 heavy (non-hydrogen) atoms. The van der Waals surface area contributed by atoms with E-state index in [0.29, 0.717) is 50.8 Å². The number of nitrogens with zero attached hydrogens (tertiary/aromatic N) is 3. The van der Waals surface area contributed by atoms with Gasteiger partial charge in [0.25, 0.3) is 0 Å². The fourth-order valence-corrected chi connectivity index (χ4v) is 3.90. The van der Waals surface area contributed by atoms with Gasteiger partial charge in [0.05, 0.1) is 10.7 Å². The Hall–Kier alpha value is -2.81. The normalized spacial score (nSPS) is 15.8. The number of carbonyl (C=O) groups is 2. The first-order valence-corrected chi connectivity index (χ1v) is 10.1. The lowest BCUT2D eigenvalue weighted by Gasteiger charge is -2.22. The van der Waals surface area contributed by atoms with E-state index in [-0.39, 0.29) is 18.5 Å². The molecule has 1 N–H and O–H groups in total. The minimum atomic E-state index is -0.179. The second-order valence-electron chi connectivity index (χ2n) is 6.64. The van der Waals surface area contributed by atoms with Crippen LogP contribution in [0.4, 0.5) is 10.5 Å². The van der Waals surface area contributed by atoms with Gasteiger partial charge >= 0.3 is 6.03 Å². The third kappa shape index (κ3) is 4.04. The molecule has 2 aromatic rings. The van der Waals surface area contributed by atoms with Crippen LogP contribution in [0.25, 0.3) is 0 Å². The monoisotopic (exact) mass is 402 g/mol. The number of ether oxygens (including phenoxy) is 2. The first kappa shape index (κ1) is 18.5. The zero-order valence-corrected chi connectivity index (χ0v) is 16.5. The largest absolute Gasteiger partial charge is 0.486 e. The van der Waals surface area contributed by atoms with E-state index in [9.17, 15) is 9.59 Å². The molecule has 1 saturated heterocycles. The Labute approximate surface area is 167 Å². The number of aryl methyl sites for hydroxylation is 1. The molecule has 148 valence electrons. The maximum Gasteiger partial charge on any atom is 0.325 e. The van der Waals surface area contributed by atoms with Crippen LogP contribution >= 0.6 is 11.3 Å². The van der Waals surface area contributed by atoms with Gasteiger partial charge in [-0.3, -0.25) is 9.69 Å². The average Bonchev–Trinajstić information content (AvgIpc) is 3.27. The van der Waals surface area contributed by atoms with Gasteiger partial charge in [-0.2, -0.15) is 0 Å². The van der Waals surface area contributed by atoms with Crippen molar-refractivity contribution in [2.45, 2.75) is 13.3 Å². The summed E-state index contributed by atoms with van der Waals surface area (Å²) in [6, 6.07) is 5.28. The van der Waals surface area contributed by atoms with E-state index in [1.807, 2.05) is 30.5 Å². The lowest BCUT2D eigenvalue weighted by atomic mass is 10.2. The van der Waals surface area contributed by atoms with Crippen molar-refractivity contribution in [2.75, 3.05) is 44.3 Å². The molecule has 9 heteroatoms. The summed E-state index contributed by atoms with van der Waals surface area (Å²) < 4.78 is 11.1. The molecule has 0 spiro atoms. The molecule has 0 unspecified atom stereocenters. The number of anilines is 1. The fourth-order valence-electron chi connectivity index (χ4n) is 3.25. The van der Waals surface area contributed by atoms with Gasteiger partial charge in [-0.25, -0.2) is 9.78 Å². The van der Waals surface area contributed by atoms with Crippen LogP contribution in [0.5, 0.6) is 11.5 Å². The second-order valence-corrected chi connectivity index (χ2v) is 7.70. The third-order valence-corrected chi connectivity index (χ3v) is 5.46. The maximum atomic E-state index is 12.7. The van der Waals surface area contributed by atoms with Crippen LogP contribution in [0, 0.1) is 6.92 Å². The van der Waals surface area contributed by atoms with E-state index < -0.39 is 0 Å². The van der Waals surface area contributed by atoms with Gasteiger partial charge in [-0.1, -0.05) is 0 Å². The SMILES string of the molecule is Cc1nc(CCNC(=O)CN2CCN(c3ccc4c(c3)OCCO4)C2=O)cs1. The molecule has 8 nitrogen and oxygen atoms in total. The standard InChI is InChI=1S/C19H22N4O4S/c1-13-21-14(12-28-13)4-5-20-18(24)11-22-6-7-23(19(22)25)15-2-3-16-17(10-15)27-9-8-26-16/h2-3,10,12H,4-9,11H2,1H3,(H,20,24). The average molecular weight is 402 g/mol. The lowest BCUT2D eigenvalue weighted by molar-refractivity contribution is -0.121. The number of nitrogens with one attached hydrogen (secondary N) is 1. The summed E-state index contributed by atoms with van der Waals surface area (Å²) in [6.07, 6.45) is 0.688. The van der Waals surface area contributed by atoms with E-state index in [1.165, 1.54) is 0 Å². The van der Waals surface area contributed by atoms with Crippen LogP contribution in [0.2, 0.25) is 0 Å². The molecule has 1 aromatic carbocycles. The molecular weight excluding hydrogens is 380 g/mol. The molecule has 0 bridgehead atoms. The number of aromatic nitrogens is 1. The molecule has 1 fully saturated rings. The Kier molecular flexibility index (Phi) is 5.34. The van der Waals surface area contributed by atoms with E-state index in [2.05, 4.69) is 10.3 Å². The minimum absolute atomic E-state index is 0.0516. The predicted molar refractivity (Wildman–Crippen MR) is 105 cm³/mol. The van der Waals surface area contributed by atoms with E-state index in [4.69, 9.17) is 9.47 Å². The molecule has 3 amide bonds. The summed E-state index contributed by atoms with van der Waals surface area (Å²) in [7, 11) is 0. The molecule has 4 rings (SSSR count). The first-order chi connectivity index (χ1) is 13.6. The summed E-state index contributed by atoms with van der Waals surface area (Å²) >= 11 is 1.60. The van der Waals surface area contributed by atoms with Gasteiger partial charge in [0.15, 0.2) is 11.5 Å². The number of hydrogen-bond donors (Lipinski definition) is 1. The number of thiazole rings is 1. The highest BCUT2D eigenvalue weighted by molar-refractivity contribution is 7.09. The van der Waals surface area contributed by atoms with Crippen molar-refractivity contribution in [3.63, 3.8) is 0 Å². The van der Waals surface area contributed by atoms with Gasteiger partial charge in [-0.15, -0.1) is 11.3 Å². The zero-order chi connectivity index (χ0) is 19.5. The van der Waals surface area contributed by atoms with Gasteiger partial charge in [0.2, 0.25) is 5.91 Å². The third-order valence-electron chi connectivity index (χ3n) is 4.64. The van der Waals surface area contributed by atoms with Crippen LogP contribution in [0.1, 0.15) is 10.7 Å². The highest BCUT2D eigenvalue weighted by Crippen LogP contribution is 2.34. The molecule has 0 atom stereocenters. The Bertz CT molecular complexity index is 885. The van der Waals surface area contributed by atoms with Crippen LogP contribution in [-0.4, -0.2) is 61.2 Å². The van der Waals surface area contributed by atoms with Gasteiger partial charge in [0.1, 0.15) is 19.8 Å². The number of benzene rings is 1. The molecule has 3 heterocycles.